The average molecular weight is 218 g/mol. The highest BCUT2D eigenvalue weighted by atomic mass is 16.8. The van der Waals surface area contributed by atoms with E-state index < -0.39 is 5.79 Å². The van der Waals surface area contributed by atoms with Crippen LogP contribution >= 0.6 is 0 Å². The van der Waals surface area contributed by atoms with Crippen LogP contribution in [-0.2, 0) is 23.7 Å². The third-order valence-corrected chi connectivity index (χ3v) is 2.35. The van der Waals surface area contributed by atoms with Gasteiger partial charge in [0.05, 0.1) is 13.2 Å². The van der Waals surface area contributed by atoms with E-state index in [-0.39, 0.29) is 18.9 Å². The molecule has 5 nitrogen and oxygen atoms in total. The molecule has 1 aliphatic heterocycles. The number of esters is 1. The minimum absolute atomic E-state index is 0.0594. The third kappa shape index (κ3) is 3.44. The lowest BCUT2D eigenvalue weighted by molar-refractivity contribution is -0.241. The fraction of sp³-hybridized carbons (Fsp3) is 0.900. The molecule has 0 bridgehead atoms. The van der Waals surface area contributed by atoms with Gasteiger partial charge in [-0.3, -0.25) is 4.79 Å². The van der Waals surface area contributed by atoms with Crippen molar-refractivity contribution in [3.63, 3.8) is 0 Å². The Hall–Kier alpha value is -0.650. The highest BCUT2D eigenvalue weighted by Crippen LogP contribution is 2.26. The molecule has 0 spiro atoms. The van der Waals surface area contributed by atoms with Gasteiger partial charge in [-0.1, -0.05) is 6.92 Å². The standard InChI is InChI=1S/C10H18O5/c1-4-9(13-7-12-8(2)11)10(3)14-5-6-15-10/h9H,4-7H2,1-3H3. The Labute approximate surface area is 89.6 Å². The molecule has 1 atom stereocenters. The molecule has 1 aliphatic rings. The van der Waals surface area contributed by atoms with E-state index in [2.05, 4.69) is 0 Å². The van der Waals surface area contributed by atoms with Gasteiger partial charge in [0.1, 0.15) is 6.10 Å². The summed E-state index contributed by atoms with van der Waals surface area (Å²) in [5.74, 6) is -1.07. The molecule has 0 saturated carbocycles. The van der Waals surface area contributed by atoms with Crippen molar-refractivity contribution in [3.05, 3.63) is 0 Å². The Kier molecular flexibility index (Phi) is 4.50. The van der Waals surface area contributed by atoms with Gasteiger partial charge in [0.2, 0.25) is 0 Å². The summed E-state index contributed by atoms with van der Waals surface area (Å²) in [6.45, 7) is 6.23. The Morgan fingerprint density at radius 2 is 2.07 bits per heavy atom. The molecule has 15 heavy (non-hydrogen) atoms. The van der Waals surface area contributed by atoms with E-state index in [4.69, 9.17) is 18.9 Å². The monoisotopic (exact) mass is 218 g/mol. The van der Waals surface area contributed by atoms with Crippen molar-refractivity contribution >= 4 is 5.97 Å². The largest absolute Gasteiger partial charge is 0.439 e. The maximum absolute atomic E-state index is 10.5. The maximum Gasteiger partial charge on any atom is 0.304 e. The molecule has 0 aromatic carbocycles. The summed E-state index contributed by atoms with van der Waals surface area (Å²) in [5, 5.41) is 0. The number of hydrogen-bond donors (Lipinski definition) is 0. The van der Waals surface area contributed by atoms with Crippen molar-refractivity contribution in [3.8, 4) is 0 Å². The lowest BCUT2D eigenvalue weighted by Gasteiger charge is -2.30. The molecule has 0 amide bonds. The number of carbonyl (C=O) groups is 1. The van der Waals surface area contributed by atoms with Gasteiger partial charge < -0.3 is 18.9 Å². The molecular weight excluding hydrogens is 200 g/mol. The number of rotatable bonds is 5. The van der Waals surface area contributed by atoms with Gasteiger partial charge >= 0.3 is 5.97 Å². The van der Waals surface area contributed by atoms with Gasteiger partial charge in [-0.05, 0) is 13.3 Å². The van der Waals surface area contributed by atoms with Gasteiger partial charge in [-0.15, -0.1) is 0 Å². The molecule has 0 aromatic rings. The van der Waals surface area contributed by atoms with E-state index in [1.54, 1.807) is 0 Å². The van der Waals surface area contributed by atoms with Crippen LogP contribution in [0.4, 0.5) is 0 Å². The Balaban J connectivity index is 2.37. The highest BCUT2D eigenvalue weighted by Gasteiger charge is 2.39. The molecule has 0 aliphatic carbocycles. The van der Waals surface area contributed by atoms with Gasteiger partial charge in [0.25, 0.3) is 0 Å². The van der Waals surface area contributed by atoms with Crippen molar-refractivity contribution in [2.24, 2.45) is 0 Å². The number of ether oxygens (including phenoxy) is 4. The van der Waals surface area contributed by atoms with Crippen molar-refractivity contribution in [2.75, 3.05) is 20.0 Å². The lowest BCUT2D eigenvalue weighted by atomic mass is 10.1. The molecule has 5 heteroatoms. The second-order valence-corrected chi connectivity index (χ2v) is 3.53. The van der Waals surface area contributed by atoms with E-state index in [0.717, 1.165) is 6.42 Å². The van der Waals surface area contributed by atoms with Crippen molar-refractivity contribution in [1.82, 2.24) is 0 Å². The summed E-state index contributed by atoms with van der Waals surface area (Å²) in [7, 11) is 0. The predicted octanol–water partition coefficient (Wildman–Crippen LogP) is 1.07. The van der Waals surface area contributed by atoms with Crippen LogP contribution in [0.2, 0.25) is 0 Å². The first-order chi connectivity index (χ1) is 7.08. The summed E-state index contributed by atoms with van der Waals surface area (Å²) in [4.78, 5) is 10.5. The smallest absolute Gasteiger partial charge is 0.304 e. The molecule has 1 rings (SSSR count). The van der Waals surface area contributed by atoms with Crippen molar-refractivity contribution < 1.29 is 23.7 Å². The zero-order chi connectivity index (χ0) is 11.3. The fourth-order valence-electron chi connectivity index (χ4n) is 1.56. The molecule has 1 fully saturated rings. The average Bonchev–Trinajstić information content (AvgIpc) is 2.60. The normalized spacial score (nSPS) is 21.3. The Morgan fingerprint density at radius 1 is 1.47 bits per heavy atom. The van der Waals surface area contributed by atoms with Crippen molar-refractivity contribution in [2.45, 2.75) is 39.1 Å². The SMILES string of the molecule is CCC(OCOC(C)=O)C1(C)OCCO1. The first kappa shape index (κ1) is 12.4. The van der Waals surface area contributed by atoms with Gasteiger partial charge in [0, 0.05) is 6.92 Å². The first-order valence-electron chi connectivity index (χ1n) is 5.11. The first-order valence-corrected chi connectivity index (χ1v) is 5.11. The summed E-state index contributed by atoms with van der Waals surface area (Å²) >= 11 is 0. The van der Waals surface area contributed by atoms with Crippen LogP contribution in [0.25, 0.3) is 0 Å². The minimum Gasteiger partial charge on any atom is -0.439 e. The van der Waals surface area contributed by atoms with Crippen LogP contribution in [0.5, 0.6) is 0 Å². The van der Waals surface area contributed by atoms with Crippen LogP contribution in [0.1, 0.15) is 27.2 Å². The van der Waals surface area contributed by atoms with E-state index in [9.17, 15) is 4.79 Å². The minimum atomic E-state index is -0.713. The zero-order valence-corrected chi connectivity index (χ0v) is 9.45. The molecule has 0 aromatic heterocycles. The molecular formula is C10H18O5. The zero-order valence-electron chi connectivity index (χ0n) is 9.45. The van der Waals surface area contributed by atoms with Crippen LogP contribution in [0, 0.1) is 0 Å². The van der Waals surface area contributed by atoms with Gasteiger partial charge in [0.15, 0.2) is 12.6 Å². The Morgan fingerprint density at radius 3 is 2.53 bits per heavy atom. The maximum atomic E-state index is 10.5. The fourth-order valence-corrected chi connectivity index (χ4v) is 1.56. The quantitative estimate of drug-likeness (QED) is 0.510. The van der Waals surface area contributed by atoms with Crippen LogP contribution in [0.15, 0.2) is 0 Å². The number of hydrogen-bond acceptors (Lipinski definition) is 5. The second-order valence-electron chi connectivity index (χ2n) is 3.53. The summed E-state index contributed by atoms with van der Waals surface area (Å²) < 4.78 is 21.0. The summed E-state index contributed by atoms with van der Waals surface area (Å²) in [6, 6.07) is 0. The summed E-state index contributed by atoms with van der Waals surface area (Å²) in [6.07, 6.45) is 0.511. The topological polar surface area (TPSA) is 54.0 Å². The van der Waals surface area contributed by atoms with Gasteiger partial charge in [-0.2, -0.15) is 0 Å². The van der Waals surface area contributed by atoms with E-state index >= 15 is 0 Å². The molecule has 88 valence electrons. The molecule has 1 heterocycles. The van der Waals surface area contributed by atoms with E-state index in [1.165, 1.54) is 6.92 Å². The molecule has 1 saturated heterocycles. The highest BCUT2D eigenvalue weighted by molar-refractivity contribution is 5.65. The van der Waals surface area contributed by atoms with Crippen LogP contribution in [-0.4, -0.2) is 37.9 Å². The van der Waals surface area contributed by atoms with Gasteiger partial charge in [-0.25, -0.2) is 0 Å². The molecule has 0 radical (unpaired) electrons. The molecule has 0 N–H and O–H groups in total. The third-order valence-electron chi connectivity index (χ3n) is 2.35. The van der Waals surface area contributed by atoms with E-state index in [0.29, 0.717) is 13.2 Å². The predicted molar refractivity (Wildman–Crippen MR) is 52.1 cm³/mol. The lowest BCUT2D eigenvalue weighted by Crippen LogP contribution is -2.42. The van der Waals surface area contributed by atoms with E-state index in [1.807, 2.05) is 13.8 Å². The van der Waals surface area contributed by atoms with Crippen molar-refractivity contribution in [1.29, 1.82) is 0 Å². The second kappa shape index (κ2) is 5.44. The Bertz CT molecular complexity index is 210. The molecule has 1 unspecified atom stereocenters. The number of carbonyl (C=O) groups excluding carboxylic acids is 1. The van der Waals surface area contributed by atoms with Crippen LogP contribution in [0.3, 0.4) is 0 Å². The van der Waals surface area contributed by atoms with Crippen LogP contribution < -0.4 is 0 Å². The summed E-state index contributed by atoms with van der Waals surface area (Å²) in [5.41, 5.74) is 0.